The first-order valence-electron chi connectivity index (χ1n) is 10.8. The summed E-state index contributed by atoms with van der Waals surface area (Å²) in [6.07, 6.45) is -0.847. The van der Waals surface area contributed by atoms with Crippen LogP contribution in [0.5, 0.6) is 28.7 Å². The van der Waals surface area contributed by atoms with Gasteiger partial charge in [0.2, 0.25) is 11.9 Å². The second-order valence-corrected chi connectivity index (χ2v) is 8.02. The molecule has 1 aliphatic rings. The van der Waals surface area contributed by atoms with Crippen LogP contribution in [0.15, 0.2) is 67.3 Å². The number of phenolic OH excluding ortho intramolecular Hbond substituents is 3. The number of carbonyl (C=O) groups is 2. The lowest BCUT2D eigenvalue weighted by atomic mass is 9.85. The van der Waals surface area contributed by atoms with Crippen molar-refractivity contribution in [1.29, 1.82) is 0 Å². The zero-order valence-electron chi connectivity index (χ0n) is 19.1. The van der Waals surface area contributed by atoms with E-state index < -0.39 is 35.6 Å². The fraction of sp³-hybridized carbons (Fsp3) is 0.185. The van der Waals surface area contributed by atoms with Crippen LogP contribution in [0.3, 0.4) is 0 Å². The van der Waals surface area contributed by atoms with Crippen molar-refractivity contribution in [3.8, 4) is 28.7 Å². The van der Waals surface area contributed by atoms with Crippen LogP contribution in [0.25, 0.3) is 0 Å². The molecule has 0 saturated heterocycles. The van der Waals surface area contributed by atoms with Crippen LogP contribution in [0, 0.1) is 0 Å². The van der Waals surface area contributed by atoms with Gasteiger partial charge in [0, 0.05) is 24.5 Å². The molecule has 35 heavy (non-hydrogen) atoms. The molecule has 1 aliphatic heterocycles. The lowest BCUT2D eigenvalue weighted by Crippen LogP contribution is -2.39. The molecular formula is C27H24O8. The van der Waals surface area contributed by atoms with Gasteiger partial charge in [-0.2, -0.15) is 0 Å². The number of rotatable bonds is 6. The molecule has 0 aromatic heterocycles. The Balaban J connectivity index is 1.86. The van der Waals surface area contributed by atoms with E-state index in [1.807, 2.05) is 0 Å². The van der Waals surface area contributed by atoms with Gasteiger partial charge in [-0.1, -0.05) is 42.5 Å². The van der Waals surface area contributed by atoms with E-state index in [2.05, 4.69) is 6.58 Å². The van der Waals surface area contributed by atoms with Gasteiger partial charge in [0.15, 0.2) is 17.6 Å². The first-order valence-corrected chi connectivity index (χ1v) is 10.8. The van der Waals surface area contributed by atoms with Crippen molar-refractivity contribution in [1.82, 2.24) is 0 Å². The largest absolute Gasteiger partial charge is 0.507 e. The Morgan fingerprint density at radius 2 is 1.80 bits per heavy atom. The van der Waals surface area contributed by atoms with Crippen LogP contribution in [-0.4, -0.2) is 40.3 Å². The molecule has 8 heteroatoms. The fourth-order valence-electron chi connectivity index (χ4n) is 4.25. The van der Waals surface area contributed by atoms with Crippen molar-refractivity contribution < 1.29 is 39.1 Å². The van der Waals surface area contributed by atoms with E-state index in [4.69, 9.17) is 14.2 Å². The second-order valence-electron chi connectivity index (χ2n) is 8.02. The van der Waals surface area contributed by atoms with Crippen LogP contribution in [-0.2, 0) is 9.53 Å². The van der Waals surface area contributed by atoms with Crippen molar-refractivity contribution >= 4 is 11.8 Å². The molecule has 3 N–H and O–H groups in total. The number of fused-ring (bicyclic) bond motifs is 1. The van der Waals surface area contributed by atoms with Crippen molar-refractivity contribution in [3.63, 3.8) is 0 Å². The van der Waals surface area contributed by atoms with Gasteiger partial charge in [0.05, 0.1) is 7.11 Å². The van der Waals surface area contributed by atoms with E-state index in [9.17, 15) is 24.9 Å². The van der Waals surface area contributed by atoms with Gasteiger partial charge in [-0.15, -0.1) is 6.58 Å². The normalized spacial score (nSPS) is 17.6. The third kappa shape index (κ3) is 4.26. The number of hydrogen-bond donors (Lipinski definition) is 3. The maximum Gasteiger partial charge on any atom is 0.303 e. The lowest BCUT2D eigenvalue weighted by Gasteiger charge is -2.33. The topological polar surface area (TPSA) is 123 Å². The van der Waals surface area contributed by atoms with E-state index in [1.54, 1.807) is 36.4 Å². The Kier molecular flexibility index (Phi) is 6.38. The molecule has 3 atom stereocenters. The third-order valence-corrected chi connectivity index (χ3v) is 5.85. The molecule has 0 aliphatic carbocycles. The molecule has 180 valence electrons. The number of ether oxygens (including phenoxy) is 3. The summed E-state index contributed by atoms with van der Waals surface area (Å²) in [4.78, 5) is 25.3. The monoisotopic (exact) mass is 476 g/mol. The van der Waals surface area contributed by atoms with Gasteiger partial charge in [-0.25, -0.2) is 0 Å². The first-order chi connectivity index (χ1) is 16.8. The molecule has 0 amide bonds. The highest BCUT2D eigenvalue weighted by molar-refractivity contribution is 6.07. The predicted octanol–water partition coefficient (Wildman–Crippen LogP) is 4.38. The Morgan fingerprint density at radius 3 is 2.43 bits per heavy atom. The summed E-state index contributed by atoms with van der Waals surface area (Å²) in [6, 6.07) is 14.5. The summed E-state index contributed by atoms with van der Waals surface area (Å²) >= 11 is 0. The smallest absolute Gasteiger partial charge is 0.303 e. The van der Waals surface area contributed by atoms with Gasteiger partial charge >= 0.3 is 5.97 Å². The average molecular weight is 476 g/mol. The molecule has 1 heterocycles. The molecule has 0 spiro atoms. The zero-order valence-corrected chi connectivity index (χ0v) is 19.1. The Labute approximate surface area is 201 Å². The first kappa shape index (κ1) is 23.7. The van der Waals surface area contributed by atoms with Crippen LogP contribution >= 0.6 is 0 Å². The molecule has 3 aromatic carbocycles. The third-order valence-electron chi connectivity index (χ3n) is 5.85. The standard InChI is InChI=1S/C27H24O8/c1-4-17(16-10-11-18(29)20(12-16)33-3)22-19(30)13-21-23(24(22)31)25(32)27(34-14(2)28)26(35-21)15-8-6-5-7-9-15/h4-13,17,26-27,29-31H,1H2,2-3H3. The predicted molar refractivity (Wildman–Crippen MR) is 126 cm³/mol. The molecule has 3 unspecified atom stereocenters. The number of allylic oxidation sites excluding steroid dienone is 1. The van der Waals surface area contributed by atoms with Gasteiger partial charge in [-0.05, 0) is 23.3 Å². The number of Topliss-reactive ketones (excluding diaryl/α,β-unsaturated/α-hetero) is 1. The van der Waals surface area contributed by atoms with Crippen LogP contribution < -0.4 is 9.47 Å². The Morgan fingerprint density at radius 1 is 1.09 bits per heavy atom. The van der Waals surface area contributed by atoms with Gasteiger partial charge in [-0.3, -0.25) is 9.59 Å². The Hall–Kier alpha value is -4.46. The van der Waals surface area contributed by atoms with Gasteiger partial charge < -0.3 is 29.5 Å². The zero-order chi connectivity index (χ0) is 25.3. The SMILES string of the molecule is C=CC(c1ccc(O)c(OC)c1)c1c(O)cc2c(c1O)C(=O)C(OC(C)=O)C(c1ccccc1)O2. The van der Waals surface area contributed by atoms with E-state index in [1.165, 1.54) is 38.3 Å². The number of carbonyl (C=O) groups excluding carboxylic acids is 2. The lowest BCUT2D eigenvalue weighted by molar-refractivity contribution is -0.148. The van der Waals surface area contributed by atoms with E-state index in [0.29, 0.717) is 11.1 Å². The summed E-state index contributed by atoms with van der Waals surface area (Å²) in [5.41, 5.74) is 0.904. The van der Waals surface area contributed by atoms with Crippen LogP contribution in [0.2, 0.25) is 0 Å². The van der Waals surface area contributed by atoms with E-state index in [-0.39, 0.29) is 34.1 Å². The molecule has 0 radical (unpaired) electrons. The summed E-state index contributed by atoms with van der Waals surface area (Å²) in [5, 5.41) is 32.0. The summed E-state index contributed by atoms with van der Waals surface area (Å²) in [5.74, 6) is -2.92. The number of hydrogen-bond acceptors (Lipinski definition) is 8. The molecule has 0 saturated carbocycles. The highest BCUT2D eigenvalue weighted by atomic mass is 16.6. The van der Waals surface area contributed by atoms with Crippen molar-refractivity contribution in [2.45, 2.75) is 25.0 Å². The number of benzene rings is 3. The molecule has 8 nitrogen and oxygen atoms in total. The molecule has 0 bridgehead atoms. The Bertz CT molecular complexity index is 1300. The highest BCUT2D eigenvalue weighted by Crippen LogP contribution is 2.49. The minimum Gasteiger partial charge on any atom is -0.507 e. The summed E-state index contributed by atoms with van der Waals surface area (Å²) in [6.45, 7) is 4.98. The fourth-order valence-corrected chi connectivity index (χ4v) is 4.25. The van der Waals surface area contributed by atoms with E-state index in [0.717, 1.165) is 0 Å². The maximum absolute atomic E-state index is 13.5. The van der Waals surface area contributed by atoms with Gasteiger partial charge in [0.1, 0.15) is 22.8 Å². The molecular weight excluding hydrogens is 452 g/mol. The van der Waals surface area contributed by atoms with Gasteiger partial charge in [0.25, 0.3) is 0 Å². The quantitative estimate of drug-likeness (QED) is 0.354. The van der Waals surface area contributed by atoms with Crippen molar-refractivity contribution in [3.05, 3.63) is 89.5 Å². The van der Waals surface area contributed by atoms with Crippen LogP contribution in [0.1, 0.15) is 46.0 Å². The molecule has 0 fully saturated rings. The average Bonchev–Trinajstić information content (AvgIpc) is 2.84. The number of phenols is 3. The minimum atomic E-state index is -1.35. The minimum absolute atomic E-state index is 0.00294. The molecule has 4 rings (SSSR count). The number of methoxy groups -OCH3 is 1. The van der Waals surface area contributed by atoms with E-state index >= 15 is 0 Å². The van der Waals surface area contributed by atoms with Crippen molar-refractivity contribution in [2.75, 3.05) is 7.11 Å². The summed E-state index contributed by atoms with van der Waals surface area (Å²) < 4.78 is 16.5. The number of esters is 1. The summed E-state index contributed by atoms with van der Waals surface area (Å²) in [7, 11) is 1.39. The van der Waals surface area contributed by atoms with Crippen LogP contribution in [0.4, 0.5) is 0 Å². The highest BCUT2D eigenvalue weighted by Gasteiger charge is 2.44. The second kappa shape index (κ2) is 9.42. The van der Waals surface area contributed by atoms with Crippen molar-refractivity contribution in [2.24, 2.45) is 0 Å². The number of ketones is 1. The maximum atomic E-state index is 13.5. The molecule has 3 aromatic rings. The number of aromatic hydroxyl groups is 3.